The van der Waals surface area contributed by atoms with E-state index in [-0.39, 0.29) is 16.0 Å². The maximum absolute atomic E-state index is 11.9. The van der Waals surface area contributed by atoms with Gasteiger partial charge in [-0.05, 0) is 12.1 Å². The first-order valence-corrected chi connectivity index (χ1v) is 5.33. The van der Waals surface area contributed by atoms with E-state index in [1.54, 1.807) is 13.1 Å². The summed E-state index contributed by atoms with van der Waals surface area (Å²) in [5, 5.41) is 0.494. The average Bonchev–Trinajstić information content (AvgIpc) is 2.22. The Bertz CT molecular complexity index is 432. The van der Waals surface area contributed by atoms with Gasteiger partial charge in [0.05, 0.1) is 15.6 Å². The number of nitrogens with zero attached hydrogens (tertiary/aromatic N) is 1. The van der Waals surface area contributed by atoms with Crippen molar-refractivity contribution in [2.75, 3.05) is 19.3 Å². The van der Waals surface area contributed by atoms with Crippen molar-refractivity contribution < 1.29 is 4.79 Å². The quantitative estimate of drug-likeness (QED) is 0.670. The number of hydrogen-bond donors (Lipinski definition) is 1. The van der Waals surface area contributed by atoms with E-state index in [2.05, 4.69) is 6.58 Å². The van der Waals surface area contributed by atoms with Crippen molar-refractivity contribution in [1.29, 1.82) is 0 Å². The Morgan fingerprint density at radius 3 is 2.75 bits per heavy atom. The van der Waals surface area contributed by atoms with Crippen LogP contribution in [0.1, 0.15) is 10.4 Å². The lowest BCUT2D eigenvalue weighted by Gasteiger charge is -2.16. The zero-order valence-corrected chi connectivity index (χ0v) is 10.3. The fourth-order valence-corrected chi connectivity index (χ4v) is 1.67. The van der Waals surface area contributed by atoms with Gasteiger partial charge in [0.15, 0.2) is 0 Å². The van der Waals surface area contributed by atoms with Crippen molar-refractivity contribution >= 4 is 34.8 Å². The van der Waals surface area contributed by atoms with E-state index in [0.29, 0.717) is 17.8 Å². The molecule has 0 bridgehead atoms. The Hall–Kier alpha value is -1.19. The SMILES string of the molecule is C=CCN(C)C(=O)c1cc(N)cc(Cl)c1Cl. The summed E-state index contributed by atoms with van der Waals surface area (Å²) in [6.45, 7) is 3.99. The second kappa shape index (κ2) is 5.23. The summed E-state index contributed by atoms with van der Waals surface area (Å²) in [5.41, 5.74) is 6.32. The van der Waals surface area contributed by atoms with Crippen LogP contribution in [0, 0.1) is 0 Å². The molecular formula is C11H12Cl2N2O. The minimum Gasteiger partial charge on any atom is -0.399 e. The molecule has 0 aliphatic heterocycles. The normalized spacial score (nSPS) is 9.94. The second-order valence-corrected chi connectivity index (χ2v) is 4.12. The van der Waals surface area contributed by atoms with Gasteiger partial charge in [-0.1, -0.05) is 29.3 Å². The van der Waals surface area contributed by atoms with Crippen LogP contribution in [0.4, 0.5) is 5.69 Å². The van der Waals surface area contributed by atoms with Gasteiger partial charge in [-0.2, -0.15) is 0 Å². The van der Waals surface area contributed by atoms with Gasteiger partial charge < -0.3 is 10.6 Å². The van der Waals surface area contributed by atoms with Crippen LogP contribution < -0.4 is 5.73 Å². The van der Waals surface area contributed by atoms with E-state index in [1.165, 1.54) is 17.0 Å². The molecule has 0 aliphatic carbocycles. The topological polar surface area (TPSA) is 46.3 Å². The highest BCUT2D eigenvalue weighted by Gasteiger charge is 2.16. The highest BCUT2D eigenvalue weighted by Crippen LogP contribution is 2.29. The molecule has 0 saturated heterocycles. The van der Waals surface area contributed by atoms with Crippen LogP contribution in [-0.4, -0.2) is 24.4 Å². The van der Waals surface area contributed by atoms with Crippen LogP contribution >= 0.6 is 23.2 Å². The van der Waals surface area contributed by atoms with Gasteiger partial charge in [-0.25, -0.2) is 0 Å². The van der Waals surface area contributed by atoms with E-state index in [0.717, 1.165) is 0 Å². The molecule has 5 heteroatoms. The number of carbonyl (C=O) groups excluding carboxylic acids is 1. The largest absolute Gasteiger partial charge is 0.399 e. The van der Waals surface area contributed by atoms with Gasteiger partial charge in [0.1, 0.15) is 0 Å². The Labute approximate surface area is 104 Å². The molecule has 2 N–H and O–H groups in total. The van der Waals surface area contributed by atoms with Gasteiger partial charge >= 0.3 is 0 Å². The molecule has 86 valence electrons. The molecule has 1 aromatic rings. The second-order valence-electron chi connectivity index (χ2n) is 3.34. The van der Waals surface area contributed by atoms with Gasteiger partial charge in [0.25, 0.3) is 5.91 Å². The van der Waals surface area contributed by atoms with Gasteiger partial charge in [-0.3, -0.25) is 4.79 Å². The molecule has 0 fully saturated rings. The van der Waals surface area contributed by atoms with E-state index >= 15 is 0 Å². The number of nitrogen functional groups attached to an aromatic ring is 1. The molecule has 0 spiro atoms. The summed E-state index contributed by atoms with van der Waals surface area (Å²) in [6, 6.07) is 3.02. The van der Waals surface area contributed by atoms with E-state index in [9.17, 15) is 4.79 Å². The molecule has 0 aromatic heterocycles. The first kappa shape index (κ1) is 12.9. The van der Waals surface area contributed by atoms with E-state index in [4.69, 9.17) is 28.9 Å². The number of rotatable bonds is 3. The van der Waals surface area contributed by atoms with Crippen molar-refractivity contribution in [3.8, 4) is 0 Å². The van der Waals surface area contributed by atoms with Crippen LogP contribution in [0.25, 0.3) is 0 Å². The van der Waals surface area contributed by atoms with Crippen molar-refractivity contribution in [2.24, 2.45) is 0 Å². The Balaban J connectivity index is 3.12. The third-order valence-electron chi connectivity index (χ3n) is 2.03. The molecule has 1 aromatic carbocycles. The smallest absolute Gasteiger partial charge is 0.255 e. The molecule has 0 radical (unpaired) electrons. The van der Waals surface area contributed by atoms with Crippen LogP contribution in [0.3, 0.4) is 0 Å². The fraction of sp³-hybridized carbons (Fsp3) is 0.182. The molecule has 0 atom stereocenters. The van der Waals surface area contributed by atoms with Crippen molar-refractivity contribution in [3.63, 3.8) is 0 Å². The zero-order chi connectivity index (χ0) is 12.3. The van der Waals surface area contributed by atoms with Crippen molar-refractivity contribution in [2.45, 2.75) is 0 Å². The molecule has 16 heavy (non-hydrogen) atoms. The minimum atomic E-state index is -0.237. The highest BCUT2D eigenvalue weighted by atomic mass is 35.5. The maximum atomic E-state index is 11.9. The first-order valence-electron chi connectivity index (χ1n) is 4.58. The minimum absolute atomic E-state index is 0.219. The van der Waals surface area contributed by atoms with Crippen LogP contribution in [-0.2, 0) is 0 Å². The number of halogens is 2. The Morgan fingerprint density at radius 2 is 2.19 bits per heavy atom. The molecule has 1 amide bonds. The summed E-state index contributed by atoms with van der Waals surface area (Å²) < 4.78 is 0. The van der Waals surface area contributed by atoms with E-state index < -0.39 is 0 Å². The summed E-state index contributed by atoms with van der Waals surface area (Å²) in [4.78, 5) is 13.4. The number of hydrogen-bond acceptors (Lipinski definition) is 2. The first-order chi connectivity index (χ1) is 7.47. The fourth-order valence-electron chi connectivity index (χ4n) is 1.25. The van der Waals surface area contributed by atoms with Crippen molar-refractivity contribution in [3.05, 3.63) is 40.4 Å². The van der Waals surface area contributed by atoms with Gasteiger partial charge in [0, 0.05) is 19.3 Å². The standard InChI is InChI=1S/C11H12Cl2N2O/c1-3-4-15(2)11(16)8-5-7(14)6-9(12)10(8)13/h3,5-6H,1,4,14H2,2H3. The third-order valence-corrected chi connectivity index (χ3v) is 2.83. The monoisotopic (exact) mass is 258 g/mol. The summed E-state index contributed by atoms with van der Waals surface area (Å²) >= 11 is 11.8. The number of benzene rings is 1. The lowest BCUT2D eigenvalue weighted by Crippen LogP contribution is -2.27. The molecule has 0 aliphatic rings. The predicted molar refractivity (Wildman–Crippen MR) is 68.0 cm³/mol. The average molecular weight is 259 g/mol. The van der Waals surface area contributed by atoms with Crippen LogP contribution in [0.5, 0.6) is 0 Å². The molecule has 0 heterocycles. The molecule has 3 nitrogen and oxygen atoms in total. The third kappa shape index (κ3) is 2.68. The van der Waals surface area contributed by atoms with Crippen LogP contribution in [0.2, 0.25) is 10.0 Å². The number of amides is 1. The highest BCUT2D eigenvalue weighted by molar-refractivity contribution is 6.44. The van der Waals surface area contributed by atoms with Gasteiger partial charge in [0.2, 0.25) is 0 Å². The number of anilines is 1. The summed E-state index contributed by atoms with van der Waals surface area (Å²) in [5.74, 6) is -0.237. The lowest BCUT2D eigenvalue weighted by molar-refractivity contribution is 0.0810. The van der Waals surface area contributed by atoms with Gasteiger partial charge in [-0.15, -0.1) is 6.58 Å². The molecule has 1 rings (SSSR count). The van der Waals surface area contributed by atoms with Crippen molar-refractivity contribution in [1.82, 2.24) is 4.90 Å². The van der Waals surface area contributed by atoms with Crippen LogP contribution in [0.15, 0.2) is 24.8 Å². The number of likely N-dealkylation sites (N-methyl/N-ethyl adjacent to an activating group) is 1. The molecule has 0 unspecified atom stereocenters. The predicted octanol–water partition coefficient (Wildman–Crippen LogP) is 2.83. The summed E-state index contributed by atoms with van der Waals surface area (Å²) in [7, 11) is 1.65. The molecule has 0 saturated carbocycles. The number of carbonyl (C=O) groups is 1. The number of nitrogens with two attached hydrogens (primary N) is 1. The van der Waals surface area contributed by atoms with E-state index in [1.807, 2.05) is 0 Å². The lowest BCUT2D eigenvalue weighted by atomic mass is 10.1. The summed E-state index contributed by atoms with van der Waals surface area (Å²) in [6.07, 6.45) is 1.62. The molecular weight excluding hydrogens is 247 g/mol. The maximum Gasteiger partial charge on any atom is 0.255 e. The Morgan fingerprint density at radius 1 is 1.56 bits per heavy atom. The zero-order valence-electron chi connectivity index (χ0n) is 8.84. The Kier molecular flexibility index (Phi) is 4.21.